The molecule has 9 heteroatoms. The molecule has 0 aliphatic carbocycles. The smallest absolute Gasteiger partial charge is 0.370 e. The van der Waals surface area contributed by atoms with Gasteiger partial charge in [0.25, 0.3) is 5.91 Å². The number of aryl methyl sites for hydroxylation is 1. The van der Waals surface area contributed by atoms with Crippen molar-refractivity contribution in [3.8, 4) is 0 Å². The Bertz CT molecular complexity index is 900. The maximum Gasteiger partial charge on any atom is 0.416 e. The maximum atomic E-state index is 12.7. The predicted octanol–water partition coefficient (Wildman–Crippen LogP) is 2.56. The first-order valence-corrected chi connectivity index (χ1v) is 9.61. The van der Waals surface area contributed by atoms with E-state index >= 15 is 0 Å². The third-order valence-corrected chi connectivity index (χ3v) is 5.75. The summed E-state index contributed by atoms with van der Waals surface area (Å²) in [4.78, 5) is 12.7. The third kappa shape index (κ3) is 4.02. The highest BCUT2D eigenvalue weighted by atomic mass is 19.4. The van der Waals surface area contributed by atoms with Gasteiger partial charge in [0.15, 0.2) is 5.69 Å². The van der Waals surface area contributed by atoms with Gasteiger partial charge in [-0.3, -0.25) is 9.48 Å². The van der Waals surface area contributed by atoms with E-state index in [9.17, 15) is 18.0 Å². The summed E-state index contributed by atoms with van der Waals surface area (Å²) in [6.45, 7) is 2.28. The van der Waals surface area contributed by atoms with Crippen LogP contribution in [0.3, 0.4) is 0 Å². The average Bonchev–Trinajstić information content (AvgIpc) is 3.02. The average molecular weight is 408 g/mol. The van der Waals surface area contributed by atoms with Crippen molar-refractivity contribution in [3.05, 3.63) is 52.3 Å². The second-order valence-electron chi connectivity index (χ2n) is 7.67. The molecule has 29 heavy (non-hydrogen) atoms. The molecule has 2 aliphatic heterocycles. The summed E-state index contributed by atoms with van der Waals surface area (Å²) in [5, 5.41) is 10.5. The van der Waals surface area contributed by atoms with E-state index in [2.05, 4.69) is 15.7 Å². The van der Waals surface area contributed by atoms with Gasteiger partial charge in [-0.25, -0.2) is 0 Å². The fourth-order valence-electron chi connectivity index (χ4n) is 4.02. The first kappa shape index (κ1) is 19.9. The molecular formula is C20H23F3N4O2. The highest BCUT2D eigenvalue weighted by Gasteiger charge is 2.40. The van der Waals surface area contributed by atoms with Crippen molar-refractivity contribution < 1.29 is 22.7 Å². The van der Waals surface area contributed by atoms with Gasteiger partial charge in [-0.2, -0.15) is 18.3 Å². The second-order valence-corrected chi connectivity index (χ2v) is 7.67. The number of hydrogen-bond donors (Lipinski definition) is 2. The predicted molar refractivity (Wildman–Crippen MR) is 99.1 cm³/mol. The number of rotatable bonds is 3. The number of carbonyl (C=O) groups excluding carboxylic acids is 1. The van der Waals surface area contributed by atoms with Crippen LogP contribution in [0.1, 0.15) is 45.7 Å². The molecule has 6 nitrogen and oxygen atoms in total. The number of nitrogens with one attached hydrogen (secondary N) is 2. The van der Waals surface area contributed by atoms with Crippen LogP contribution in [0.2, 0.25) is 0 Å². The van der Waals surface area contributed by atoms with Crippen molar-refractivity contribution in [2.24, 2.45) is 7.05 Å². The number of piperidine rings is 1. The van der Waals surface area contributed by atoms with Crippen molar-refractivity contribution in [1.82, 2.24) is 20.4 Å². The second kappa shape index (κ2) is 7.46. The molecule has 2 aliphatic rings. The molecule has 0 bridgehead atoms. The van der Waals surface area contributed by atoms with Crippen molar-refractivity contribution in [2.75, 3.05) is 13.1 Å². The number of aromatic nitrogens is 2. The van der Waals surface area contributed by atoms with Gasteiger partial charge >= 0.3 is 6.18 Å². The molecule has 2 N–H and O–H groups in total. The summed E-state index contributed by atoms with van der Waals surface area (Å²) in [7, 11) is 1.82. The van der Waals surface area contributed by atoms with Gasteiger partial charge in [-0.15, -0.1) is 0 Å². The summed E-state index contributed by atoms with van der Waals surface area (Å²) < 4.78 is 45.9. The Hall–Kier alpha value is -2.39. The molecule has 4 rings (SSSR count). The minimum atomic E-state index is -4.37. The van der Waals surface area contributed by atoms with Gasteiger partial charge in [-0.1, -0.05) is 12.1 Å². The number of hydrogen-bond acceptors (Lipinski definition) is 4. The summed E-state index contributed by atoms with van der Waals surface area (Å²) in [5.41, 5.74) is 1.80. The molecule has 1 amide bonds. The van der Waals surface area contributed by atoms with Crippen LogP contribution in [0.25, 0.3) is 0 Å². The molecule has 1 spiro atoms. The maximum absolute atomic E-state index is 12.7. The lowest BCUT2D eigenvalue weighted by Gasteiger charge is -2.40. The van der Waals surface area contributed by atoms with E-state index in [4.69, 9.17) is 4.74 Å². The van der Waals surface area contributed by atoms with Crippen molar-refractivity contribution in [1.29, 1.82) is 0 Å². The van der Waals surface area contributed by atoms with Crippen molar-refractivity contribution in [3.63, 3.8) is 0 Å². The highest BCUT2D eigenvalue weighted by molar-refractivity contribution is 5.94. The molecule has 1 saturated heterocycles. The van der Waals surface area contributed by atoms with Crippen LogP contribution in [-0.4, -0.2) is 34.4 Å². The van der Waals surface area contributed by atoms with E-state index in [1.165, 1.54) is 12.1 Å². The number of fused-ring (bicyclic) bond motifs is 1. The summed E-state index contributed by atoms with van der Waals surface area (Å²) in [6, 6.07) is 4.74. The summed E-state index contributed by atoms with van der Waals surface area (Å²) in [6.07, 6.45) is -1.81. The normalized spacial score (nSPS) is 18.5. The lowest BCUT2D eigenvalue weighted by Crippen LogP contribution is -2.47. The van der Waals surface area contributed by atoms with E-state index in [1.54, 1.807) is 4.68 Å². The number of carbonyl (C=O) groups is 1. The minimum absolute atomic E-state index is 0.124. The molecule has 0 radical (unpaired) electrons. The highest BCUT2D eigenvalue weighted by Crippen LogP contribution is 2.35. The van der Waals surface area contributed by atoms with Gasteiger partial charge in [-0.05, 0) is 43.6 Å². The number of nitrogens with zero attached hydrogens (tertiary/aromatic N) is 2. The third-order valence-electron chi connectivity index (χ3n) is 5.75. The Morgan fingerprint density at radius 1 is 1.28 bits per heavy atom. The number of alkyl halides is 3. The Morgan fingerprint density at radius 3 is 2.62 bits per heavy atom. The molecule has 1 fully saturated rings. The fourth-order valence-corrected chi connectivity index (χ4v) is 4.02. The van der Waals surface area contributed by atoms with Crippen LogP contribution in [0.4, 0.5) is 13.2 Å². The Balaban J connectivity index is 1.44. The van der Waals surface area contributed by atoms with Gasteiger partial charge in [0, 0.05) is 31.3 Å². The molecule has 0 unspecified atom stereocenters. The zero-order chi connectivity index (χ0) is 20.6. The van der Waals surface area contributed by atoms with Crippen LogP contribution in [0, 0.1) is 0 Å². The molecule has 3 heterocycles. The largest absolute Gasteiger partial charge is 0.416 e. The van der Waals surface area contributed by atoms with Crippen LogP contribution in [0.15, 0.2) is 24.3 Å². The van der Waals surface area contributed by atoms with Crippen LogP contribution in [-0.2, 0) is 37.5 Å². The van der Waals surface area contributed by atoms with Crippen LogP contribution in [0.5, 0.6) is 0 Å². The standard InChI is InChI=1S/C20H23F3N4O2/c1-27-16-10-19(6-8-24-9-7-19)29-12-15(16)17(26-27)18(28)25-11-13-2-4-14(5-3-13)20(21,22)23/h2-5,24H,6-12H2,1H3,(H,25,28). The summed E-state index contributed by atoms with van der Waals surface area (Å²) in [5.74, 6) is -0.355. The lowest BCUT2D eigenvalue weighted by molar-refractivity contribution is -0.137. The van der Waals surface area contributed by atoms with Crippen LogP contribution < -0.4 is 10.6 Å². The van der Waals surface area contributed by atoms with E-state index < -0.39 is 11.7 Å². The number of ether oxygens (including phenoxy) is 1. The Kier molecular flexibility index (Phi) is 5.12. The first-order valence-electron chi connectivity index (χ1n) is 9.61. The Labute approximate surface area is 166 Å². The van der Waals surface area contributed by atoms with E-state index in [0.717, 1.165) is 55.7 Å². The molecular weight excluding hydrogens is 385 g/mol. The number of halogens is 3. The summed E-state index contributed by atoms with van der Waals surface area (Å²) >= 11 is 0. The van der Waals surface area contributed by atoms with Crippen molar-refractivity contribution in [2.45, 2.75) is 44.2 Å². The fraction of sp³-hybridized carbons (Fsp3) is 0.500. The zero-order valence-corrected chi connectivity index (χ0v) is 16.1. The topological polar surface area (TPSA) is 68.2 Å². The molecule has 1 aromatic carbocycles. The lowest BCUT2D eigenvalue weighted by atomic mass is 9.84. The first-order chi connectivity index (χ1) is 13.8. The molecule has 1 aromatic heterocycles. The Morgan fingerprint density at radius 2 is 1.97 bits per heavy atom. The monoisotopic (exact) mass is 408 g/mol. The van der Waals surface area contributed by atoms with Gasteiger partial charge in [0.2, 0.25) is 0 Å². The van der Waals surface area contributed by atoms with Crippen LogP contribution >= 0.6 is 0 Å². The minimum Gasteiger partial charge on any atom is -0.370 e. The van der Waals surface area contributed by atoms with E-state index in [0.29, 0.717) is 17.9 Å². The van der Waals surface area contributed by atoms with E-state index in [-0.39, 0.29) is 18.1 Å². The molecule has 156 valence electrons. The van der Waals surface area contributed by atoms with Gasteiger partial charge < -0.3 is 15.4 Å². The van der Waals surface area contributed by atoms with Gasteiger partial charge in [0.05, 0.1) is 17.8 Å². The SMILES string of the molecule is Cn1nc(C(=O)NCc2ccc(C(F)(F)F)cc2)c2c1CC1(CCNCC1)OC2. The molecule has 2 aromatic rings. The molecule has 0 atom stereocenters. The van der Waals surface area contributed by atoms with Gasteiger partial charge in [0.1, 0.15) is 0 Å². The van der Waals surface area contributed by atoms with Crippen molar-refractivity contribution >= 4 is 5.91 Å². The number of benzene rings is 1. The molecule has 0 saturated carbocycles. The zero-order valence-electron chi connectivity index (χ0n) is 16.1. The quantitative estimate of drug-likeness (QED) is 0.819. The number of amides is 1. The van der Waals surface area contributed by atoms with E-state index in [1.807, 2.05) is 7.05 Å².